The van der Waals surface area contributed by atoms with Crippen molar-refractivity contribution in [3.05, 3.63) is 22.6 Å². The van der Waals surface area contributed by atoms with Gasteiger partial charge in [0.1, 0.15) is 5.84 Å². The van der Waals surface area contributed by atoms with Crippen LogP contribution in [0, 0.1) is 11.7 Å². The third-order valence-electron chi connectivity index (χ3n) is 2.32. The number of nitrogens with zero attached hydrogens (tertiary/aromatic N) is 3. The molecule has 1 atom stereocenters. The lowest BCUT2D eigenvalue weighted by Crippen LogP contribution is -2.33. The number of rotatable bonds is 4. The molecule has 0 aliphatic heterocycles. The fourth-order valence-electron chi connectivity index (χ4n) is 1.38. The third kappa shape index (κ3) is 3.55. The minimum Gasteiger partial charge on any atom is -0.409 e. The molecule has 0 saturated heterocycles. The Morgan fingerprint density at radius 3 is 2.94 bits per heavy atom. The van der Waals surface area contributed by atoms with Gasteiger partial charge < -0.3 is 15.8 Å². The largest absolute Gasteiger partial charge is 0.409 e. The minimum atomic E-state index is -0.423. The highest BCUT2D eigenvalue weighted by Gasteiger charge is 2.15. The van der Waals surface area contributed by atoms with Gasteiger partial charge in [0, 0.05) is 30.2 Å². The summed E-state index contributed by atoms with van der Waals surface area (Å²) in [5.41, 5.74) is 5.46. The first-order valence-electron chi connectivity index (χ1n) is 4.95. The molecular formula is C10H14BrFN4O. The first-order chi connectivity index (χ1) is 7.95. The molecule has 0 saturated carbocycles. The number of anilines is 1. The van der Waals surface area contributed by atoms with Crippen molar-refractivity contribution in [2.75, 3.05) is 18.5 Å². The molecule has 1 aromatic heterocycles. The van der Waals surface area contributed by atoms with E-state index in [0.29, 0.717) is 11.0 Å². The number of amidine groups is 1. The summed E-state index contributed by atoms with van der Waals surface area (Å²) >= 11 is 3.14. The van der Waals surface area contributed by atoms with Crippen LogP contribution in [0.3, 0.4) is 0 Å². The SMILES string of the molecule is CC(CN(C)c1ncc(Br)cc1F)C(N)=NO. The molecule has 1 aromatic rings. The van der Waals surface area contributed by atoms with Crippen molar-refractivity contribution in [1.82, 2.24) is 4.98 Å². The number of hydrogen-bond donors (Lipinski definition) is 2. The minimum absolute atomic E-state index is 0.106. The molecule has 94 valence electrons. The first kappa shape index (κ1) is 13.7. The fourth-order valence-corrected chi connectivity index (χ4v) is 1.68. The van der Waals surface area contributed by atoms with E-state index in [1.807, 2.05) is 0 Å². The van der Waals surface area contributed by atoms with Crippen molar-refractivity contribution in [3.63, 3.8) is 0 Å². The fraction of sp³-hybridized carbons (Fsp3) is 0.400. The Bertz CT molecular complexity index is 427. The molecular weight excluding hydrogens is 291 g/mol. The highest BCUT2D eigenvalue weighted by Crippen LogP contribution is 2.19. The predicted octanol–water partition coefficient (Wildman–Crippen LogP) is 1.80. The molecule has 3 N–H and O–H groups in total. The van der Waals surface area contributed by atoms with Crippen LogP contribution in [0.1, 0.15) is 6.92 Å². The Hall–Kier alpha value is -1.37. The maximum atomic E-state index is 13.6. The summed E-state index contributed by atoms with van der Waals surface area (Å²) in [5.74, 6) is -0.288. The molecule has 0 aliphatic rings. The van der Waals surface area contributed by atoms with Crippen molar-refractivity contribution >= 4 is 27.6 Å². The number of hydrogen-bond acceptors (Lipinski definition) is 4. The summed E-state index contributed by atoms with van der Waals surface area (Å²) in [4.78, 5) is 5.59. The van der Waals surface area contributed by atoms with Crippen LogP contribution in [0.4, 0.5) is 10.2 Å². The molecule has 1 unspecified atom stereocenters. The summed E-state index contributed by atoms with van der Waals surface area (Å²) in [7, 11) is 1.69. The molecule has 0 aliphatic carbocycles. The Labute approximate surface area is 107 Å². The van der Waals surface area contributed by atoms with E-state index < -0.39 is 5.82 Å². The third-order valence-corrected chi connectivity index (χ3v) is 2.75. The zero-order valence-electron chi connectivity index (χ0n) is 9.56. The monoisotopic (exact) mass is 304 g/mol. The van der Waals surface area contributed by atoms with E-state index in [1.54, 1.807) is 18.9 Å². The molecule has 1 rings (SSSR count). The maximum Gasteiger partial charge on any atom is 0.166 e. The van der Waals surface area contributed by atoms with Gasteiger partial charge >= 0.3 is 0 Å². The molecule has 0 radical (unpaired) electrons. The molecule has 0 bridgehead atoms. The van der Waals surface area contributed by atoms with Crippen LogP contribution in [-0.2, 0) is 0 Å². The van der Waals surface area contributed by atoms with Gasteiger partial charge in [0.25, 0.3) is 0 Å². The summed E-state index contributed by atoms with van der Waals surface area (Å²) < 4.78 is 14.2. The maximum absolute atomic E-state index is 13.6. The van der Waals surface area contributed by atoms with E-state index in [0.717, 1.165) is 0 Å². The zero-order chi connectivity index (χ0) is 13.0. The van der Waals surface area contributed by atoms with Crippen LogP contribution in [0.5, 0.6) is 0 Å². The predicted molar refractivity (Wildman–Crippen MR) is 67.7 cm³/mol. The van der Waals surface area contributed by atoms with Crippen LogP contribution < -0.4 is 10.6 Å². The lowest BCUT2D eigenvalue weighted by molar-refractivity contribution is 0.314. The normalized spacial score (nSPS) is 13.5. The summed E-state index contributed by atoms with van der Waals surface area (Å²) in [6.07, 6.45) is 1.52. The highest BCUT2D eigenvalue weighted by molar-refractivity contribution is 9.10. The van der Waals surface area contributed by atoms with E-state index in [-0.39, 0.29) is 17.6 Å². The Kier molecular flexibility index (Phi) is 4.68. The van der Waals surface area contributed by atoms with E-state index in [4.69, 9.17) is 10.9 Å². The Balaban J connectivity index is 2.79. The van der Waals surface area contributed by atoms with Crippen LogP contribution in [-0.4, -0.2) is 29.6 Å². The topological polar surface area (TPSA) is 74.7 Å². The average molecular weight is 305 g/mol. The van der Waals surface area contributed by atoms with Crippen molar-refractivity contribution in [2.45, 2.75) is 6.92 Å². The number of oxime groups is 1. The second kappa shape index (κ2) is 5.81. The van der Waals surface area contributed by atoms with E-state index >= 15 is 0 Å². The van der Waals surface area contributed by atoms with Gasteiger partial charge in [-0.15, -0.1) is 0 Å². The van der Waals surface area contributed by atoms with Crippen LogP contribution in [0.2, 0.25) is 0 Å². The molecule has 17 heavy (non-hydrogen) atoms. The second-order valence-electron chi connectivity index (χ2n) is 3.77. The average Bonchev–Trinajstić information content (AvgIpc) is 2.27. The summed E-state index contributed by atoms with van der Waals surface area (Å²) in [6.45, 7) is 2.18. The number of aromatic nitrogens is 1. The van der Waals surface area contributed by atoms with Crippen molar-refractivity contribution in [2.24, 2.45) is 16.8 Å². The van der Waals surface area contributed by atoms with Gasteiger partial charge in [-0.05, 0) is 22.0 Å². The molecule has 0 amide bonds. The van der Waals surface area contributed by atoms with Gasteiger partial charge in [-0.25, -0.2) is 9.37 Å². The molecule has 0 fully saturated rings. The zero-order valence-corrected chi connectivity index (χ0v) is 11.1. The van der Waals surface area contributed by atoms with Gasteiger partial charge in [0.05, 0.1) is 0 Å². The lowest BCUT2D eigenvalue weighted by Gasteiger charge is -2.22. The van der Waals surface area contributed by atoms with Crippen molar-refractivity contribution < 1.29 is 9.60 Å². The van der Waals surface area contributed by atoms with Crippen molar-refractivity contribution in [3.8, 4) is 0 Å². The standard InChI is InChI=1S/C10H14BrFN4O/c1-6(9(13)15-17)5-16(2)10-8(12)3-7(11)4-14-10/h3-4,6,17H,5H2,1-2H3,(H2,13,15). The first-order valence-corrected chi connectivity index (χ1v) is 5.74. The van der Waals surface area contributed by atoms with E-state index in [2.05, 4.69) is 26.1 Å². The van der Waals surface area contributed by atoms with Gasteiger partial charge in [0.2, 0.25) is 0 Å². The Morgan fingerprint density at radius 2 is 2.41 bits per heavy atom. The Morgan fingerprint density at radius 1 is 1.76 bits per heavy atom. The summed E-state index contributed by atoms with van der Waals surface area (Å²) in [5, 5.41) is 11.4. The van der Waals surface area contributed by atoms with Gasteiger partial charge in [0.15, 0.2) is 11.6 Å². The van der Waals surface area contributed by atoms with Crippen LogP contribution in [0.25, 0.3) is 0 Å². The van der Waals surface area contributed by atoms with E-state index in [1.165, 1.54) is 12.3 Å². The molecule has 7 heteroatoms. The van der Waals surface area contributed by atoms with Gasteiger partial charge in [-0.3, -0.25) is 0 Å². The number of nitrogens with two attached hydrogens (primary N) is 1. The number of pyridine rings is 1. The van der Waals surface area contributed by atoms with Crippen molar-refractivity contribution in [1.29, 1.82) is 0 Å². The van der Waals surface area contributed by atoms with E-state index in [9.17, 15) is 4.39 Å². The molecule has 0 spiro atoms. The smallest absolute Gasteiger partial charge is 0.166 e. The molecule has 1 heterocycles. The number of halogens is 2. The second-order valence-corrected chi connectivity index (χ2v) is 4.68. The van der Waals surface area contributed by atoms with Crippen LogP contribution in [0.15, 0.2) is 21.9 Å². The van der Waals surface area contributed by atoms with Crippen LogP contribution >= 0.6 is 15.9 Å². The van der Waals surface area contributed by atoms with Gasteiger partial charge in [-0.1, -0.05) is 12.1 Å². The highest BCUT2D eigenvalue weighted by atomic mass is 79.9. The summed E-state index contributed by atoms with van der Waals surface area (Å²) in [6, 6.07) is 1.34. The molecule has 5 nitrogen and oxygen atoms in total. The lowest BCUT2D eigenvalue weighted by atomic mass is 10.1. The molecule has 0 aromatic carbocycles. The van der Waals surface area contributed by atoms with Gasteiger partial charge in [-0.2, -0.15) is 0 Å². The quantitative estimate of drug-likeness (QED) is 0.385.